The van der Waals surface area contributed by atoms with Gasteiger partial charge in [-0.3, -0.25) is 14.9 Å². The van der Waals surface area contributed by atoms with Crippen molar-refractivity contribution >= 4 is 11.6 Å². The van der Waals surface area contributed by atoms with Crippen LogP contribution in [-0.4, -0.2) is 34.9 Å². The summed E-state index contributed by atoms with van der Waals surface area (Å²) in [4.78, 5) is 24.4. The van der Waals surface area contributed by atoms with Gasteiger partial charge in [0.15, 0.2) is 0 Å². The molecule has 1 unspecified atom stereocenters. The summed E-state index contributed by atoms with van der Waals surface area (Å²) < 4.78 is 5.81. The molecule has 7 nitrogen and oxygen atoms in total. The fourth-order valence-electron chi connectivity index (χ4n) is 2.96. The summed E-state index contributed by atoms with van der Waals surface area (Å²) in [6.07, 6.45) is 0.371. The Labute approximate surface area is 144 Å². The van der Waals surface area contributed by atoms with Crippen molar-refractivity contribution < 1.29 is 19.6 Å². The minimum atomic E-state index is -0.639. The Morgan fingerprint density at radius 2 is 2.08 bits per heavy atom. The monoisotopic (exact) mass is 342 g/mol. The second-order valence-corrected chi connectivity index (χ2v) is 6.12. The zero-order valence-corrected chi connectivity index (χ0v) is 13.9. The van der Waals surface area contributed by atoms with Crippen LogP contribution in [0.2, 0.25) is 0 Å². The number of aliphatic hydroxyl groups is 1. The van der Waals surface area contributed by atoms with Crippen LogP contribution in [0.4, 0.5) is 5.69 Å². The Hall–Kier alpha value is -2.93. The highest BCUT2D eigenvalue weighted by Gasteiger charge is 2.30. The molecule has 2 aromatic carbocycles. The quantitative estimate of drug-likeness (QED) is 0.681. The number of nitro groups is 1. The smallest absolute Gasteiger partial charge is 0.311 e. The maximum absolute atomic E-state index is 12.1. The van der Waals surface area contributed by atoms with Crippen molar-refractivity contribution in [3.63, 3.8) is 0 Å². The maximum atomic E-state index is 12.1. The molecule has 0 aliphatic heterocycles. The Balaban J connectivity index is 2.02. The van der Waals surface area contributed by atoms with E-state index in [-0.39, 0.29) is 17.3 Å². The summed E-state index contributed by atoms with van der Waals surface area (Å²) in [5.41, 5.74) is 1.57. The van der Waals surface area contributed by atoms with Crippen molar-refractivity contribution in [1.82, 2.24) is 4.90 Å². The van der Waals surface area contributed by atoms with E-state index in [0.29, 0.717) is 35.3 Å². The Bertz CT molecular complexity index is 847. The van der Waals surface area contributed by atoms with Crippen LogP contribution in [-0.2, 0) is 6.42 Å². The number of nitro benzene ring substituents is 1. The molecule has 0 saturated heterocycles. The van der Waals surface area contributed by atoms with Crippen LogP contribution >= 0.6 is 0 Å². The predicted molar refractivity (Wildman–Crippen MR) is 90.9 cm³/mol. The van der Waals surface area contributed by atoms with Gasteiger partial charge in [0.25, 0.3) is 5.91 Å². The summed E-state index contributed by atoms with van der Waals surface area (Å²) in [6.45, 7) is 0. The molecule has 1 atom stereocenters. The molecule has 3 rings (SSSR count). The molecule has 1 aliphatic carbocycles. The van der Waals surface area contributed by atoms with Gasteiger partial charge in [0.2, 0.25) is 5.75 Å². The molecule has 1 aliphatic rings. The molecule has 0 aromatic heterocycles. The van der Waals surface area contributed by atoms with Crippen molar-refractivity contribution in [1.29, 1.82) is 0 Å². The van der Waals surface area contributed by atoms with E-state index < -0.39 is 11.0 Å². The molecule has 0 saturated carbocycles. The Morgan fingerprint density at radius 3 is 2.76 bits per heavy atom. The molecule has 25 heavy (non-hydrogen) atoms. The summed E-state index contributed by atoms with van der Waals surface area (Å²) in [6, 6.07) is 9.43. The standard InChI is InChI=1S/C18H18N2O5/c1-19(2)18(22)11-4-3-5-12(10-11)25-17-14-7-9-16(21)13(14)6-8-15(17)20(23)24/h3-6,8,10,16,21H,7,9H2,1-2H3. The van der Waals surface area contributed by atoms with Gasteiger partial charge in [0.1, 0.15) is 5.75 Å². The average Bonchev–Trinajstić information content (AvgIpc) is 2.96. The normalized spacial score (nSPS) is 15.6. The van der Waals surface area contributed by atoms with E-state index in [1.165, 1.54) is 11.0 Å². The lowest BCUT2D eigenvalue weighted by Crippen LogP contribution is -2.21. The molecule has 2 aromatic rings. The first-order chi connectivity index (χ1) is 11.9. The zero-order valence-electron chi connectivity index (χ0n) is 13.9. The highest BCUT2D eigenvalue weighted by Crippen LogP contribution is 2.44. The van der Waals surface area contributed by atoms with Gasteiger partial charge in [0.05, 0.1) is 11.0 Å². The van der Waals surface area contributed by atoms with Crippen LogP contribution in [0.25, 0.3) is 0 Å². The van der Waals surface area contributed by atoms with Gasteiger partial charge < -0.3 is 14.7 Å². The predicted octanol–water partition coefficient (Wildman–Crippen LogP) is 3.07. The third-order valence-corrected chi connectivity index (χ3v) is 4.21. The molecular weight excluding hydrogens is 324 g/mol. The number of carbonyl (C=O) groups excluding carboxylic acids is 1. The van der Waals surface area contributed by atoms with E-state index in [1.807, 2.05) is 0 Å². The van der Waals surface area contributed by atoms with Gasteiger partial charge in [-0.15, -0.1) is 0 Å². The number of rotatable bonds is 4. The second kappa shape index (κ2) is 6.52. The molecule has 0 spiro atoms. The summed E-state index contributed by atoms with van der Waals surface area (Å²) in [7, 11) is 3.29. The van der Waals surface area contributed by atoms with Crippen molar-refractivity contribution in [3.8, 4) is 11.5 Å². The number of ether oxygens (including phenoxy) is 1. The van der Waals surface area contributed by atoms with Gasteiger partial charge in [-0.05, 0) is 42.7 Å². The second-order valence-electron chi connectivity index (χ2n) is 6.12. The number of benzene rings is 2. The molecule has 130 valence electrons. The number of hydrogen-bond donors (Lipinski definition) is 1. The maximum Gasteiger partial charge on any atom is 0.311 e. The third-order valence-electron chi connectivity index (χ3n) is 4.21. The van der Waals surface area contributed by atoms with E-state index in [2.05, 4.69) is 0 Å². The number of carbonyl (C=O) groups is 1. The molecule has 0 bridgehead atoms. The van der Waals surface area contributed by atoms with Crippen LogP contribution < -0.4 is 4.74 Å². The van der Waals surface area contributed by atoms with E-state index in [4.69, 9.17) is 4.74 Å². The minimum absolute atomic E-state index is 0.133. The highest BCUT2D eigenvalue weighted by atomic mass is 16.6. The van der Waals surface area contributed by atoms with Gasteiger partial charge in [-0.2, -0.15) is 0 Å². The molecule has 0 heterocycles. The van der Waals surface area contributed by atoms with Gasteiger partial charge in [-0.1, -0.05) is 6.07 Å². The average molecular weight is 342 g/mol. The van der Waals surface area contributed by atoms with E-state index in [9.17, 15) is 20.0 Å². The van der Waals surface area contributed by atoms with Crippen molar-refractivity contribution in [3.05, 3.63) is 63.2 Å². The molecule has 1 N–H and O–H groups in total. The van der Waals surface area contributed by atoms with Crippen LogP contribution in [0, 0.1) is 10.1 Å². The van der Waals surface area contributed by atoms with Gasteiger partial charge in [0, 0.05) is 31.3 Å². The Kier molecular flexibility index (Phi) is 4.41. The van der Waals surface area contributed by atoms with E-state index in [0.717, 1.165) is 0 Å². The van der Waals surface area contributed by atoms with Crippen LogP contribution in [0.5, 0.6) is 11.5 Å². The number of amides is 1. The van der Waals surface area contributed by atoms with Crippen LogP contribution in [0.15, 0.2) is 36.4 Å². The van der Waals surface area contributed by atoms with Crippen LogP contribution in [0.1, 0.15) is 34.0 Å². The highest BCUT2D eigenvalue weighted by molar-refractivity contribution is 5.94. The molecule has 0 fully saturated rings. The van der Waals surface area contributed by atoms with Crippen molar-refractivity contribution in [2.45, 2.75) is 18.9 Å². The fraction of sp³-hybridized carbons (Fsp3) is 0.278. The molecule has 1 amide bonds. The lowest BCUT2D eigenvalue weighted by atomic mass is 10.1. The van der Waals surface area contributed by atoms with Crippen molar-refractivity contribution in [2.75, 3.05) is 14.1 Å². The Morgan fingerprint density at radius 1 is 1.32 bits per heavy atom. The number of aliphatic hydroxyl groups excluding tert-OH is 1. The van der Waals surface area contributed by atoms with Gasteiger partial charge >= 0.3 is 5.69 Å². The largest absolute Gasteiger partial charge is 0.450 e. The number of hydrogen-bond acceptors (Lipinski definition) is 5. The lowest BCUT2D eigenvalue weighted by Gasteiger charge is -2.14. The third kappa shape index (κ3) is 3.18. The summed E-state index contributed by atoms with van der Waals surface area (Å²) in [5, 5.41) is 21.4. The molecule has 0 radical (unpaired) electrons. The fourth-order valence-corrected chi connectivity index (χ4v) is 2.96. The van der Waals surface area contributed by atoms with Crippen molar-refractivity contribution in [2.24, 2.45) is 0 Å². The number of nitrogens with zero attached hydrogens (tertiary/aromatic N) is 2. The zero-order chi connectivity index (χ0) is 18.1. The minimum Gasteiger partial charge on any atom is -0.450 e. The van der Waals surface area contributed by atoms with E-state index in [1.54, 1.807) is 44.4 Å². The summed E-state index contributed by atoms with van der Waals surface area (Å²) >= 11 is 0. The van der Waals surface area contributed by atoms with Crippen LogP contribution in [0.3, 0.4) is 0 Å². The lowest BCUT2D eigenvalue weighted by molar-refractivity contribution is -0.385. The summed E-state index contributed by atoms with van der Waals surface area (Å²) in [5.74, 6) is 0.285. The van der Waals surface area contributed by atoms with E-state index >= 15 is 0 Å². The first kappa shape index (κ1) is 16.9. The first-order valence-electron chi connectivity index (χ1n) is 7.86. The SMILES string of the molecule is CN(C)C(=O)c1cccc(Oc2c([N+](=O)[O-])ccc3c2CCC3O)c1. The number of fused-ring (bicyclic) bond motifs is 1. The first-order valence-corrected chi connectivity index (χ1v) is 7.86. The topological polar surface area (TPSA) is 92.9 Å². The molecular formula is C18H18N2O5. The molecule has 7 heteroatoms. The van der Waals surface area contributed by atoms with Gasteiger partial charge in [-0.25, -0.2) is 0 Å².